The van der Waals surface area contributed by atoms with Gasteiger partial charge in [-0.05, 0) is 19.1 Å². The molecule has 1 atom stereocenters. The highest BCUT2D eigenvalue weighted by Gasteiger charge is 2.08. The van der Waals surface area contributed by atoms with Crippen LogP contribution in [-0.2, 0) is 11.0 Å². The number of nitrogens with one attached hydrogen (secondary N) is 1. The van der Waals surface area contributed by atoms with Crippen LogP contribution in [0.1, 0.15) is 5.56 Å². The number of hydrogen-bond donors (Lipinski definition) is 1. The van der Waals surface area contributed by atoms with E-state index in [0.29, 0.717) is 5.69 Å². The number of benzene rings is 1. The zero-order valence-electron chi connectivity index (χ0n) is 7.67. The highest BCUT2D eigenvalue weighted by molar-refractivity contribution is 7.86. The van der Waals surface area contributed by atoms with Crippen LogP contribution in [0.3, 0.4) is 0 Å². The zero-order valence-corrected chi connectivity index (χ0v) is 8.48. The first-order valence-corrected chi connectivity index (χ1v) is 5.39. The molecule has 0 fully saturated rings. The minimum Gasteiger partial charge on any atom is -0.305 e. The molecule has 5 heteroatoms. The minimum atomic E-state index is -2.55. The highest BCUT2D eigenvalue weighted by atomic mass is 32.2. The average Bonchev–Trinajstić information content (AvgIpc) is 2.07. The van der Waals surface area contributed by atoms with Gasteiger partial charge in [0.1, 0.15) is 16.7 Å². The largest absolute Gasteiger partial charge is 0.305 e. The van der Waals surface area contributed by atoms with Crippen molar-refractivity contribution >= 4 is 16.7 Å². The molecule has 1 rings (SSSR count). The van der Waals surface area contributed by atoms with Crippen LogP contribution < -0.4 is 4.72 Å². The zero-order chi connectivity index (χ0) is 10.6. The van der Waals surface area contributed by atoms with Crippen LogP contribution in [0.25, 0.3) is 0 Å². The molecule has 0 amide bonds. The van der Waals surface area contributed by atoms with Crippen molar-refractivity contribution in [1.29, 1.82) is 0 Å². The van der Waals surface area contributed by atoms with E-state index in [1.165, 1.54) is 0 Å². The van der Waals surface area contributed by atoms with Gasteiger partial charge < -0.3 is 4.72 Å². The molecule has 0 spiro atoms. The normalized spacial score (nSPS) is 12.9. The number of rotatable bonds is 4. The Morgan fingerprint density at radius 2 is 1.93 bits per heavy atom. The quantitative estimate of drug-likeness (QED) is 0.827. The molecular weight excluding hydrogens is 208 g/mol. The molecule has 0 bridgehead atoms. The molecule has 0 aliphatic rings. The van der Waals surface area contributed by atoms with Gasteiger partial charge in [0.2, 0.25) is 0 Å². The molecule has 1 aromatic carbocycles. The number of aryl methyl sites for hydroxylation is 1. The van der Waals surface area contributed by atoms with E-state index in [-0.39, 0.29) is 0 Å². The maximum absolute atomic E-state index is 11.8. The Balaban J connectivity index is 2.52. The SMILES string of the molecule is Cc1ccc(NS(=O)CC(F)F)cc1. The van der Waals surface area contributed by atoms with Crippen LogP contribution in [0.2, 0.25) is 0 Å². The van der Waals surface area contributed by atoms with Crippen molar-refractivity contribution in [2.45, 2.75) is 13.3 Å². The van der Waals surface area contributed by atoms with Crippen molar-refractivity contribution in [3.8, 4) is 0 Å². The summed E-state index contributed by atoms with van der Waals surface area (Å²) in [5, 5.41) is 0. The molecule has 1 aromatic rings. The molecule has 0 saturated carbocycles. The molecule has 2 nitrogen and oxygen atoms in total. The molecule has 0 saturated heterocycles. The number of hydrogen-bond acceptors (Lipinski definition) is 1. The predicted octanol–water partition coefficient (Wildman–Crippen LogP) is 2.34. The molecule has 1 unspecified atom stereocenters. The molecule has 0 aliphatic heterocycles. The molecule has 78 valence electrons. The summed E-state index contributed by atoms with van der Waals surface area (Å²) in [4.78, 5) is 0. The molecule has 0 heterocycles. The third-order valence-corrected chi connectivity index (χ3v) is 2.58. The van der Waals surface area contributed by atoms with Gasteiger partial charge in [-0.3, -0.25) is 0 Å². The van der Waals surface area contributed by atoms with E-state index < -0.39 is 23.2 Å². The van der Waals surface area contributed by atoms with Crippen molar-refractivity contribution in [2.75, 3.05) is 10.5 Å². The monoisotopic (exact) mass is 219 g/mol. The lowest BCUT2D eigenvalue weighted by molar-refractivity contribution is 0.175. The van der Waals surface area contributed by atoms with E-state index in [9.17, 15) is 13.0 Å². The molecule has 0 radical (unpaired) electrons. The summed E-state index contributed by atoms with van der Waals surface area (Å²) >= 11 is 0. The number of halogens is 2. The first kappa shape index (κ1) is 11.1. The molecule has 0 aliphatic carbocycles. The summed E-state index contributed by atoms with van der Waals surface area (Å²) in [5.74, 6) is -0.645. The smallest absolute Gasteiger partial charge is 0.251 e. The van der Waals surface area contributed by atoms with Crippen LogP contribution in [0.4, 0.5) is 14.5 Å². The Morgan fingerprint density at radius 1 is 1.36 bits per heavy atom. The summed E-state index contributed by atoms with van der Waals surface area (Å²) in [5.41, 5.74) is 1.66. The van der Waals surface area contributed by atoms with E-state index in [2.05, 4.69) is 4.72 Å². The van der Waals surface area contributed by atoms with Crippen LogP contribution in [0, 0.1) is 6.92 Å². The Kier molecular flexibility index (Phi) is 4.00. The standard InChI is InChI=1S/C9H11F2NOS/c1-7-2-4-8(5-3-7)12-14(13)6-9(10)11/h2-5,9,12H,6H2,1H3. The third-order valence-electron chi connectivity index (χ3n) is 1.56. The molecule has 14 heavy (non-hydrogen) atoms. The van der Waals surface area contributed by atoms with Gasteiger partial charge in [0.25, 0.3) is 6.43 Å². The summed E-state index contributed by atoms with van der Waals surface area (Å²) < 4.78 is 37.2. The second-order valence-electron chi connectivity index (χ2n) is 2.87. The second kappa shape index (κ2) is 5.05. The number of anilines is 1. The van der Waals surface area contributed by atoms with Crippen molar-refractivity contribution in [3.63, 3.8) is 0 Å². The Labute approximate surface area is 83.9 Å². The van der Waals surface area contributed by atoms with Gasteiger partial charge >= 0.3 is 0 Å². The van der Waals surface area contributed by atoms with Gasteiger partial charge in [0, 0.05) is 5.69 Å². The minimum absolute atomic E-state index is 0.592. The summed E-state index contributed by atoms with van der Waals surface area (Å²) in [6.07, 6.45) is -2.55. The maximum Gasteiger partial charge on any atom is 0.251 e. The van der Waals surface area contributed by atoms with Crippen molar-refractivity contribution in [2.24, 2.45) is 0 Å². The first-order valence-electron chi connectivity index (χ1n) is 4.08. The van der Waals surface area contributed by atoms with Crippen molar-refractivity contribution in [1.82, 2.24) is 0 Å². The highest BCUT2D eigenvalue weighted by Crippen LogP contribution is 2.10. The van der Waals surface area contributed by atoms with Gasteiger partial charge in [-0.2, -0.15) is 0 Å². The van der Waals surface area contributed by atoms with E-state index in [1.807, 2.05) is 19.1 Å². The van der Waals surface area contributed by atoms with E-state index in [0.717, 1.165) is 5.56 Å². The Morgan fingerprint density at radius 3 is 2.43 bits per heavy atom. The second-order valence-corrected chi connectivity index (χ2v) is 4.10. The van der Waals surface area contributed by atoms with Gasteiger partial charge in [-0.25, -0.2) is 13.0 Å². The fourth-order valence-electron chi connectivity index (χ4n) is 0.909. The Hall–Kier alpha value is -0.970. The maximum atomic E-state index is 11.8. The third kappa shape index (κ3) is 3.83. The molecule has 0 aromatic heterocycles. The number of alkyl halides is 2. The molecule has 1 N–H and O–H groups in total. The van der Waals surface area contributed by atoms with E-state index in [1.54, 1.807) is 12.1 Å². The van der Waals surface area contributed by atoms with Crippen LogP contribution in [-0.4, -0.2) is 16.4 Å². The summed E-state index contributed by atoms with van der Waals surface area (Å²) in [6.45, 7) is 1.92. The van der Waals surface area contributed by atoms with Crippen LogP contribution in [0.15, 0.2) is 24.3 Å². The van der Waals surface area contributed by atoms with Crippen LogP contribution >= 0.6 is 0 Å². The lowest BCUT2D eigenvalue weighted by Crippen LogP contribution is -2.14. The predicted molar refractivity (Wildman–Crippen MR) is 53.8 cm³/mol. The fourth-order valence-corrected chi connectivity index (χ4v) is 1.62. The lowest BCUT2D eigenvalue weighted by Gasteiger charge is -2.05. The van der Waals surface area contributed by atoms with E-state index in [4.69, 9.17) is 0 Å². The van der Waals surface area contributed by atoms with Gasteiger partial charge in [-0.15, -0.1) is 0 Å². The van der Waals surface area contributed by atoms with E-state index >= 15 is 0 Å². The average molecular weight is 219 g/mol. The van der Waals surface area contributed by atoms with Crippen molar-refractivity contribution < 1.29 is 13.0 Å². The molecular formula is C9H11F2NOS. The van der Waals surface area contributed by atoms with Crippen molar-refractivity contribution in [3.05, 3.63) is 29.8 Å². The summed E-state index contributed by atoms with van der Waals surface area (Å²) in [7, 11) is -1.71. The van der Waals surface area contributed by atoms with Gasteiger partial charge in [0.05, 0.1) is 0 Å². The Bertz CT molecular complexity index is 313. The van der Waals surface area contributed by atoms with Gasteiger partial charge in [0.15, 0.2) is 0 Å². The van der Waals surface area contributed by atoms with Crippen LogP contribution in [0.5, 0.6) is 0 Å². The summed E-state index contributed by atoms with van der Waals surface area (Å²) in [6, 6.07) is 7.06. The topological polar surface area (TPSA) is 29.1 Å². The fraction of sp³-hybridized carbons (Fsp3) is 0.333. The first-order chi connectivity index (χ1) is 6.58. The lowest BCUT2D eigenvalue weighted by atomic mass is 10.2. The van der Waals surface area contributed by atoms with Gasteiger partial charge in [-0.1, -0.05) is 17.7 Å².